The van der Waals surface area contributed by atoms with Crippen LogP contribution in [0.4, 0.5) is 0 Å². The summed E-state index contributed by atoms with van der Waals surface area (Å²) >= 11 is 0. The first-order valence-corrected chi connectivity index (χ1v) is 6.23. The van der Waals surface area contributed by atoms with E-state index in [-0.39, 0.29) is 6.04 Å². The van der Waals surface area contributed by atoms with Gasteiger partial charge in [0.05, 0.1) is 6.10 Å². The molecule has 2 heterocycles. The molecule has 3 rings (SSSR count). The van der Waals surface area contributed by atoms with Crippen LogP contribution in [0.2, 0.25) is 0 Å². The van der Waals surface area contributed by atoms with Crippen LogP contribution in [0.1, 0.15) is 24.5 Å². The molecule has 3 heteroatoms. The lowest BCUT2D eigenvalue weighted by atomic mass is 10.0. The lowest BCUT2D eigenvalue weighted by Gasteiger charge is -2.17. The lowest BCUT2D eigenvalue weighted by Crippen LogP contribution is -2.28. The number of fused-ring (bicyclic) bond motifs is 1. The monoisotopic (exact) mass is 230 g/mol. The fraction of sp³-hybridized carbons (Fsp3) is 0.429. The highest BCUT2D eigenvalue weighted by atomic mass is 16.3. The third-order valence-electron chi connectivity index (χ3n) is 3.73. The topological polar surface area (TPSA) is 37.2 Å². The zero-order chi connectivity index (χ0) is 11.8. The predicted molar refractivity (Wildman–Crippen MR) is 68.9 cm³/mol. The van der Waals surface area contributed by atoms with Crippen molar-refractivity contribution in [3.63, 3.8) is 0 Å². The van der Waals surface area contributed by atoms with Crippen molar-refractivity contribution >= 4 is 10.9 Å². The highest BCUT2D eigenvalue weighted by Crippen LogP contribution is 2.30. The van der Waals surface area contributed by atoms with Crippen LogP contribution in [0.25, 0.3) is 10.9 Å². The fourth-order valence-electron chi connectivity index (χ4n) is 2.81. The van der Waals surface area contributed by atoms with E-state index in [1.165, 1.54) is 5.52 Å². The molecule has 0 aliphatic carbocycles. The van der Waals surface area contributed by atoms with Gasteiger partial charge in [-0.05, 0) is 25.5 Å². The second-order valence-electron chi connectivity index (χ2n) is 4.86. The second kappa shape index (κ2) is 4.17. The summed E-state index contributed by atoms with van der Waals surface area (Å²) in [7, 11) is 2.03. The Kier molecular flexibility index (Phi) is 2.65. The van der Waals surface area contributed by atoms with Crippen LogP contribution in [-0.2, 0) is 7.05 Å². The Morgan fingerprint density at radius 1 is 1.41 bits per heavy atom. The van der Waals surface area contributed by atoms with E-state index in [4.69, 9.17) is 0 Å². The van der Waals surface area contributed by atoms with Crippen LogP contribution in [0.3, 0.4) is 0 Å². The van der Waals surface area contributed by atoms with Gasteiger partial charge in [-0.1, -0.05) is 18.2 Å². The Labute approximate surface area is 101 Å². The van der Waals surface area contributed by atoms with Crippen molar-refractivity contribution in [3.8, 4) is 0 Å². The zero-order valence-corrected chi connectivity index (χ0v) is 10.1. The summed E-state index contributed by atoms with van der Waals surface area (Å²) < 4.78 is 2.09. The van der Waals surface area contributed by atoms with Crippen LogP contribution in [-0.4, -0.2) is 22.3 Å². The van der Waals surface area contributed by atoms with Gasteiger partial charge in [0.25, 0.3) is 0 Å². The third-order valence-corrected chi connectivity index (χ3v) is 3.73. The highest BCUT2D eigenvalue weighted by molar-refractivity contribution is 5.84. The fourth-order valence-corrected chi connectivity index (χ4v) is 2.81. The van der Waals surface area contributed by atoms with E-state index in [2.05, 4.69) is 28.2 Å². The van der Waals surface area contributed by atoms with Crippen molar-refractivity contribution in [1.82, 2.24) is 9.88 Å². The second-order valence-corrected chi connectivity index (χ2v) is 4.86. The molecule has 2 aromatic rings. The molecule has 1 aliphatic rings. The van der Waals surface area contributed by atoms with Crippen LogP contribution < -0.4 is 5.32 Å². The number of aryl methyl sites for hydroxylation is 1. The van der Waals surface area contributed by atoms with E-state index in [0.717, 1.165) is 30.3 Å². The van der Waals surface area contributed by atoms with Gasteiger partial charge in [0, 0.05) is 35.8 Å². The van der Waals surface area contributed by atoms with Gasteiger partial charge >= 0.3 is 0 Å². The molecule has 0 bridgehead atoms. The number of benzene rings is 1. The molecule has 0 spiro atoms. The summed E-state index contributed by atoms with van der Waals surface area (Å²) in [6.07, 6.45) is 3.87. The Morgan fingerprint density at radius 3 is 3.00 bits per heavy atom. The van der Waals surface area contributed by atoms with Crippen LogP contribution >= 0.6 is 0 Å². The number of aromatic nitrogens is 1. The van der Waals surface area contributed by atoms with Crippen molar-refractivity contribution < 1.29 is 5.11 Å². The van der Waals surface area contributed by atoms with E-state index in [9.17, 15) is 5.11 Å². The zero-order valence-electron chi connectivity index (χ0n) is 10.1. The lowest BCUT2D eigenvalue weighted by molar-refractivity contribution is 0.139. The molecule has 2 N–H and O–H groups in total. The van der Waals surface area contributed by atoms with E-state index < -0.39 is 6.10 Å². The molecule has 1 aromatic carbocycles. The molecule has 17 heavy (non-hydrogen) atoms. The first-order chi connectivity index (χ1) is 8.27. The maximum absolute atomic E-state index is 10.5. The van der Waals surface area contributed by atoms with Crippen molar-refractivity contribution in [1.29, 1.82) is 0 Å². The molecule has 0 amide bonds. The Bertz CT molecular complexity index is 526. The molecule has 1 saturated heterocycles. The number of nitrogens with one attached hydrogen (secondary N) is 1. The van der Waals surface area contributed by atoms with Crippen LogP contribution in [0.15, 0.2) is 30.5 Å². The number of nitrogens with zero attached hydrogens (tertiary/aromatic N) is 1. The third kappa shape index (κ3) is 1.75. The van der Waals surface area contributed by atoms with E-state index in [0.29, 0.717) is 0 Å². The highest BCUT2D eigenvalue weighted by Gasteiger charge is 2.26. The molecule has 2 unspecified atom stereocenters. The molecule has 90 valence electrons. The van der Waals surface area contributed by atoms with Crippen LogP contribution in [0.5, 0.6) is 0 Å². The minimum absolute atomic E-state index is 0.209. The Hall–Kier alpha value is -1.32. The maximum Gasteiger partial charge on any atom is 0.0963 e. The molecule has 0 saturated carbocycles. The summed E-state index contributed by atoms with van der Waals surface area (Å²) in [6, 6.07) is 8.45. The summed E-state index contributed by atoms with van der Waals surface area (Å²) in [5.74, 6) is 0. The predicted octanol–water partition coefficient (Wildman–Crippen LogP) is 1.96. The quantitative estimate of drug-likeness (QED) is 0.827. The van der Waals surface area contributed by atoms with Gasteiger partial charge in [-0.3, -0.25) is 0 Å². The van der Waals surface area contributed by atoms with Gasteiger partial charge in [-0.2, -0.15) is 0 Å². The minimum Gasteiger partial charge on any atom is -0.387 e. The number of hydrogen-bond donors (Lipinski definition) is 2. The first-order valence-electron chi connectivity index (χ1n) is 6.23. The molecule has 1 aliphatic heterocycles. The van der Waals surface area contributed by atoms with Gasteiger partial charge < -0.3 is 15.0 Å². The van der Waals surface area contributed by atoms with Crippen molar-refractivity contribution in [2.45, 2.75) is 25.0 Å². The molecule has 1 aromatic heterocycles. The average Bonchev–Trinajstić information content (AvgIpc) is 2.97. The smallest absolute Gasteiger partial charge is 0.0963 e. The maximum atomic E-state index is 10.5. The van der Waals surface area contributed by atoms with Crippen molar-refractivity contribution in [2.75, 3.05) is 6.54 Å². The number of para-hydroxylation sites is 1. The normalized spacial score (nSPS) is 22.1. The minimum atomic E-state index is -0.399. The van der Waals surface area contributed by atoms with E-state index in [1.807, 2.05) is 19.2 Å². The summed E-state index contributed by atoms with van der Waals surface area (Å²) in [4.78, 5) is 0. The largest absolute Gasteiger partial charge is 0.387 e. The van der Waals surface area contributed by atoms with Gasteiger partial charge in [0.1, 0.15) is 0 Å². The Balaban J connectivity index is 2.04. The molecular formula is C14H18N2O. The van der Waals surface area contributed by atoms with Crippen LogP contribution in [0, 0.1) is 0 Å². The molecule has 3 nitrogen and oxygen atoms in total. The average molecular weight is 230 g/mol. The molecule has 2 atom stereocenters. The molecule has 1 fully saturated rings. The Morgan fingerprint density at radius 2 is 2.24 bits per heavy atom. The van der Waals surface area contributed by atoms with Crippen molar-refractivity contribution in [3.05, 3.63) is 36.0 Å². The standard InChI is InChI=1S/C14H18N2O/c1-16-9-11(10-5-2-3-7-13(10)16)14(17)12-6-4-8-15-12/h2-3,5,7,9,12,14-15,17H,4,6,8H2,1H3. The van der Waals surface area contributed by atoms with Gasteiger partial charge in [-0.15, -0.1) is 0 Å². The van der Waals surface area contributed by atoms with Gasteiger partial charge in [0.2, 0.25) is 0 Å². The number of rotatable bonds is 2. The summed E-state index contributed by atoms with van der Waals surface area (Å²) in [5.41, 5.74) is 2.22. The number of aliphatic hydroxyl groups is 1. The summed E-state index contributed by atoms with van der Waals surface area (Å²) in [6.45, 7) is 1.02. The van der Waals surface area contributed by atoms with E-state index in [1.54, 1.807) is 0 Å². The van der Waals surface area contributed by atoms with Crippen molar-refractivity contribution in [2.24, 2.45) is 7.05 Å². The van der Waals surface area contributed by atoms with Gasteiger partial charge in [0.15, 0.2) is 0 Å². The van der Waals surface area contributed by atoms with E-state index >= 15 is 0 Å². The SMILES string of the molecule is Cn1cc(C(O)C2CCCN2)c2ccccc21. The first kappa shape index (κ1) is 10.8. The molecule has 0 radical (unpaired) electrons. The summed E-state index contributed by atoms with van der Waals surface area (Å²) in [5, 5.41) is 15.0. The number of hydrogen-bond acceptors (Lipinski definition) is 2. The van der Waals surface area contributed by atoms with Gasteiger partial charge in [-0.25, -0.2) is 0 Å². The number of aliphatic hydroxyl groups excluding tert-OH is 1. The molecular weight excluding hydrogens is 212 g/mol.